The fraction of sp³-hybridized carbons (Fsp3) is 0.273. The quantitative estimate of drug-likeness (QED) is 0.478. The number of hydrogen-bond acceptors (Lipinski definition) is 5. The number of carbonyl (C=O) groups excluding carboxylic acids is 1. The molecule has 0 spiro atoms. The fourth-order valence-electron chi connectivity index (χ4n) is 3.63. The predicted octanol–water partition coefficient (Wildman–Crippen LogP) is 3.57. The number of nitrogens with zero attached hydrogens (tertiary/aromatic N) is 3. The Kier molecular flexibility index (Phi) is 6.11. The Balaban J connectivity index is 2.05. The number of aryl methyl sites for hydroxylation is 1. The maximum atomic E-state index is 13.0. The Morgan fingerprint density at radius 2 is 1.94 bits per heavy atom. The fourth-order valence-corrected chi connectivity index (χ4v) is 3.63. The standard InChI is InChI=1S/C22H22N4O5/c1-13(2)15-7-4-6-14(3)17(15)12-24-21(28)26-20(27)16-8-5-9-18(31-22(29)30)19(16)25(26)11-10-23/h4-9,13H,11-12H2,1-3H3,(H,24,28)(H,29,30). The van der Waals surface area contributed by atoms with Gasteiger partial charge in [0, 0.05) is 6.54 Å². The molecule has 9 heteroatoms. The Morgan fingerprint density at radius 1 is 1.23 bits per heavy atom. The summed E-state index contributed by atoms with van der Waals surface area (Å²) in [7, 11) is 0. The van der Waals surface area contributed by atoms with Gasteiger partial charge in [-0.2, -0.15) is 9.94 Å². The van der Waals surface area contributed by atoms with Crippen molar-refractivity contribution in [3.63, 3.8) is 0 Å². The van der Waals surface area contributed by atoms with Crippen LogP contribution in [-0.2, 0) is 13.1 Å². The first-order valence-corrected chi connectivity index (χ1v) is 9.65. The highest BCUT2D eigenvalue weighted by Gasteiger charge is 2.22. The topological polar surface area (TPSA) is 126 Å². The molecular formula is C22H22N4O5. The molecule has 0 atom stereocenters. The van der Waals surface area contributed by atoms with Crippen LogP contribution in [0.25, 0.3) is 10.9 Å². The molecule has 31 heavy (non-hydrogen) atoms. The molecule has 2 N–H and O–H groups in total. The monoisotopic (exact) mass is 422 g/mol. The van der Waals surface area contributed by atoms with Crippen LogP contribution in [-0.4, -0.2) is 26.7 Å². The molecule has 3 aromatic rings. The highest BCUT2D eigenvalue weighted by atomic mass is 16.7. The van der Waals surface area contributed by atoms with Gasteiger partial charge in [-0.05, 0) is 41.7 Å². The number of amides is 1. The zero-order valence-corrected chi connectivity index (χ0v) is 17.4. The van der Waals surface area contributed by atoms with E-state index in [0.29, 0.717) is 0 Å². The van der Waals surface area contributed by atoms with Gasteiger partial charge < -0.3 is 15.2 Å². The van der Waals surface area contributed by atoms with Crippen LogP contribution in [0, 0.1) is 18.3 Å². The number of carbonyl (C=O) groups is 2. The van der Waals surface area contributed by atoms with Crippen LogP contribution in [0.1, 0.15) is 36.5 Å². The summed E-state index contributed by atoms with van der Waals surface area (Å²) in [6.07, 6.45) is -1.57. The van der Waals surface area contributed by atoms with Gasteiger partial charge in [0.05, 0.1) is 11.5 Å². The van der Waals surface area contributed by atoms with E-state index < -0.39 is 17.7 Å². The number of ether oxygens (including phenoxy) is 1. The first kappa shape index (κ1) is 21.6. The summed E-state index contributed by atoms with van der Waals surface area (Å²) in [5.74, 6) is 0.111. The van der Waals surface area contributed by atoms with Gasteiger partial charge >= 0.3 is 12.2 Å². The average Bonchev–Trinajstić information content (AvgIpc) is 2.99. The van der Waals surface area contributed by atoms with E-state index in [1.54, 1.807) is 0 Å². The summed E-state index contributed by atoms with van der Waals surface area (Å²) in [4.78, 5) is 36.9. The van der Waals surface area contributed by atoms with Crippen molar-refractivity contribution in [2.45, 2.75) is 39.8 Å². The van der Waals surface area contributed by atoms with E-state index in [2.05, 4.69) is 19.2 Å². The van der Waals surface area contributed by atoms with Gasteiger partial charge in [0.15, 0.2) is 5.75 Å². The Morgan fingerprint density at radius 3 is 2.58 bits per heavy atom. The number of aromatic nitrogens is 2. The number of para-hydroxylation sites is 1. The van der Waals surface area contributed by atoms with Gasteiger partial charge in [-0.25, -0.2) is 9.59 Å². The highest BCUT2D eigenvalue weighted by Crippen LogP contribution is 2.25. The van der Waals surface area contributed by atoms with Crippen LogP contribution in [0.2, 0.25) is 0 Å². The lowest BCUT2D eigenvalue weighted by molar-refractivity contribution is 0.145. The van der Waals surface area contributed by atoms with Gasteiger partial charge in [0.25, 0.3) is 5.56 Å². The first-order valence-electron chi connectivity index (χ1n) is 9.65. The molecule has 0 aliphatic carbocycles. The Bertz CT molecular complexity index is 1260. The van der Waals surface area contributed by atoms with Crippen molar-refractivity contribution in [3.8, 4) is 11.8 Å². The molecule has 1 aromatic heterocycles. The van der Waals surface area contributed by atoms with Crippen LogP contribution < -0.4 is 15.6 Å². The molecule has 0 fully saturated rings. The second-order valence-corrected chi connectivity index (χ2v) is 7.31. The van der Waals surface area contributed by atoms with Crippen molar-refractivity contribution >= 4 is 23.1 Å². The van der Waals surface area contributed by atoms with Crippen molar-refractivity contribution in [3.05, 3.63) is 63.4 Å². The third-order valence-electron chi connectivity index (χ3n) is 5.02. The number of rotatable bonds is 5. The zero-order chi connectivity index (χ0) is 22.7. The third kappa shape index (κ3) is 4.14. The highest BCUT2D eigenvalue weighted by molar-refractivity contribution is 5.90. The average molecular weight is 422 g/mol. The van der Waals surface area contributed by atoms with Crippen molar-refractivity contribution in [2.24, 2.45) is 0 Å². The first-order chi connectivity index (χ1) is 14.8. The lowest BCUT2D eigenvalue weighted by atomic mass is 9.94. The predicted molar refractivity (Wildman–Crippen MR) is 113 cm³/mol. The largest absolute Gasteiger partial charge is 0.511 e. The van der Waals surface area contributed by atoms with Crippen LogP contribution in [0.5, 0.6) is 5.75 Å². The molecule has 0 unspecified atom stereocenters. The number of hydrogen-bond donors (Lipinski definition) is 2. The van der Waals surface area contributed by atoms with E-state index >= 15 is 0 Å². The van der Waals surface area contributed by atoms with E-state index in [9.17, 15) is 19.6 Å². The van der Waals surface area contributed by atoms with Gasteiger partial charge in [0.1, 0.15) is 12.1 Å². The lowest BCUT2D eigenvalue weighted by Crippen LogP contribution is -2.38. The van der Waals surface area contributed by atoms with Gasteiger partial charge in [0.2, 0.25) is 0 Å². The molecule has 1 amide bonds. The molecule has 0 saturated carbocycles. The van der Waals surface area contributed by atoms with E-state index in [4.69, 9.17) is 9.84 Å². The molecule has 0 bridgehead atoms. The molecule has 3 rings (SSSR count). The molecule has 9 nitrogen and oxygen atoms in total. The molecule has 1 heterocycles. The van der Waals surface area contributed by atoms with Crippen molar-refractivity contribution in [1.82, 2.24) is 14.7 Å². The molecule has 0 aliphatic rings. The Hall–Kier alpha value is -4.06. The van der Waals surface area contributed by atoms with Crippen molar-refractivity contribution in [2.75, 3.05) is 0 Å². The van der Waals surface area contributed by atoms with Crippen LogP contribution in [0.4, 0.5) is 9.59 Å². The Labute approximate surface area is 178 Å². The van der Waals surface area contributed by atoms with Crippen LogP contribution >= 0.6 is 0 Å². The summed E-state index contributed by atoms with van der Waals surface area (Å²) >= 11 is 0. The van der Waals surface area contributed by atoms with E-state index in [1.807, 2.05) is 31.2 Å². The number of carboxylic acid groups (broad SMARTS) is 1. The molecular weight excluding hydrogens is 400 g/mol. The van der Waals surface area contributed by atoms with Crippen LogP contribution in [0.3, 0.4) is 0 Å². The van der Waals surface area contributed by atoms with Gasteiger partial charge in [-0.15, -0.1) is 0 Å². The number of benzene rings is 2. The summed E-state index contributed by atoms with van der Waals surface area (Å²) < 4.78 is 6.67. The van der Waals surface area contributed by atoms with Gasteiger partial charge in [-0.3, -0.25) is 9.48 Å². The molecule has 0 radical (unpaired) electrons. The third-order valence-corrected chi connectivity index (χ3v) is 5.02. The van der Waals surface area contributed by atoms with E-state index in [1.165, 1.54) is 18.2 Å². The van der Waals surface area contributed by atoms with Gasteiger partial charge in [-0.1, -0.05) is 38.1 Å². The number of fused-ring (bicyclic) bond motifs is 1. The normalized spacial score (nSPS) is 10.8. The molecule has 0 aliphatic heterocycles. The smallest absolute Gasteiger partial charge is 0.449 e. The second kappa shape index (κ2) is 8.75. The SMILES string of the molecule is Cc1cccc(C(C)C)c1CNC(=O)n1c(=O)c2cccc(OC(=O)O)c2n1CC#N. The zero-order valence-electron chi connectivity index (χ0n) is 17.4. The number of nitriles is 1. The van der Waals surface area contributed by atoms with E-state index in [0.717, 1.165) is 26.1 Å². The lowest BCUT2D eigenvalue weighted by Gasteiger charge is -2.17. The minimum Gasteiger partial charge on any atom is -0.449 e. The summed E-state index contributed by atoms with van der Waals surface area (Å²) in [5, 5.41) is 21.0. The summed E-state index contributed by atoms with van der Waals surface area (Å²) in [6.45, 7) is 5.90. The maximum absolute atomic E-state index is 13.0. The van der Waals surface area contributed by atoms with E-state index in [-0.39, 0.29) is 35.7 Å². The number of nitrogens with one attached hydrogen (secondary N) is 1. The van der Waals surface area contributed by atoms with Crippen molar-refractivity contribution < 1.29 is 19.4 Å². The minimum absolute atomic E-state index is 0.0605. The molecule has 160 valence electrons. The summed E-state index contributed by atoms with van der Waals surface area (Å²) in [6, 6.07) is 11.3. The van der Waals surface area contributed by atoms with Crippen LogP contribution in [0.15, 0.2) is 41.2 Å². The molecule has 0 saturated heterocycles. The van der Waals surface area contributed by atoms with Crippen molar-refractivity contribution in [1.29, 1.82) is 5.26 Å². The maximum Gasteiger partial charge on any atom is 0.511 e. The minimum atomic E-state index is -1.57. The summed E-state index contributed by atoms with van der Waals surface area (Å²) in [5.41, 5.74) is 2.44. The molecule has 2 aromatic carbocycles. The second-order valence-electron chi connectivity index (χ2n) is 7.31.